The molecule has 22 heavy (non-hydrogen) atoms. The third-order valence-corrected chi connectivity index (χ3v) is 4.79. The summed E-state index contributed by atoms with van der Waals surface area (Å²) in [4.78, 5) is 11.8. The molecule has 0 saturated carbocycles. The molecule has 118 valence electrons. The Hall–Kier alpha value is -1.60. The second-order valence-corrected chi connectivity index (χ2v) is 7.05. The quantitative estimate of drug-likeness (QED) is 0.451. The monoisotopic (exact) mass is 337 g/mol. The van der Waals surface area contributed by atoms with Gasteiger partial charge in [-0.25, -0.2) is 0 Å². The van der Waals surface area contributed by atoms with Crippen LogP contribution in [0.4, 0.5) is 5.13 Å². The number of aromatic nitrogens is 2. The molecule has 0 unspecified atom stereocenters. The predicted molar refractivity (Wildman–Crippen MR) is 90.8 cm³/mol. The maximum Gasteiger partial charge on any atom is 0.264 e. The number of carbonyl (C=O) groups excluding carboxylic acids is 1. The average Bonchev–Trinajstić information content (AvgIpc) is 2.93. The standard InChI is InChI=1S/C15H19N3O2S2/c1-3-4-8-21-15-18-17-14(22-15)16-13(19)10-20-12-7-5-6-11(2)9-12/h5-7,9H,3-4,8,10H2,1-2H3,(H,16,17,19). The molecule has 1 aromatic heterocycles. The SMILES string of the molecule is CCCCSc1nnc(NC(=O)COc2cccc(C)c2)s1. The van der Waals surface area contributed by atoms with E-state index in [0.717, 1.165) is 28.5 Å². The van der Waals surface area contributed by atoms with E-state index in [0.29, 0.717) is 10.9 Å². The summed E-state index contributed by atoms with van der Waals surface area (Å²) in [5.74, 6) is 1.47. The Balaban J connectivity index is 1.77. The summed E-state index contributed by atoms with van der Waals surface area (Å²) in [7, 11) is 0. The van der Waals surface area contributed by atoms with Crippen molar-refractivity contribution in [2.45, 2.75) is 31.0 Å². The first-order valence-corrected chi connectivity index (χ1v) is 8.93. The zero-order valence-corrected chi connectivity index (χ0v) is 14.3. The van der Waals surface area contributed by atoms with E-state index in [1.807, 2.05) is 31.2 Å². The van der Waals surface area contributed by atoms with Crippen LogP contribution >= 0.6 is 23.1 Å². The number of hydrogen-bond acceptors (Lipinski definition) is 6. The Morgan fingerprint density at radius 3 is 3.05 bits per heavy atom. The molecule has 1 heterocycles. The maximum atomic E-state index is 11.8. The molecule has 0 fully saturated rings. The molecule has 0 bridgehead atoms. The topological polar surface area (TPSA) is 64.1 Å². The smallest absolute Gasteiger partial charge is 0.264 e. The summed E-state index contributed by atoms with van der Waals surface area (Å²) in [6.45, 7) is 4.09. The van der Waals surface area contributed by atoms with E-state index in [9.17, 15) is 4.79 Å². The molecule has 0 spiro atoms. The normalized spacial score (nSPS) is 10.5. The van der Waals surface area contributed by atoms with Crippen molar-refractivity contribution in [2.24, 2.45) is 0 Å². The molecule has 0 radical (unpaired) electrons. The number of hydrogen-bond donors (Lipinski definition) is 1. The van der Waals surface area contributed by atoms with Gasteiger partial charge in [-0.3, -0.25) is 10.1 Å². The molecule has 7 heteroatoms. The summed E-state index contributed by atoms with van der Waals surface area (Å²) in [5.41, 5.74) is 1.09. The van der Waals surface area contributed by atoms with Crippen LogP contribution in [0.25, 0.3) is 0 Å². The first-order chi connectivity index (χ1) is 10.7. The van der Waals surface area contributed by atoms with Crippen molar-refractivity contribution in [3.63, 3.8) is 0 Å². The van der Waals surface area contributed by atoms with E-state index in [1.54, 1.807) is 11.8 Å². The fraction of sp³-hybridized carbons (Fsp3) is 0.400. The molecule has 0 saturated heterocycles. The van der Waals surface area contributed by atoms with Gasteiger partial charge in [0, 0.05) is 5.75 Å². The van der Waals surface area contributed by atoms with Crippen molar-refractivity contribution in [3.05, 3.63) is 29.8 Å². The molecule has 0 aliphatic heterocycles. The summed E-state index contributed by atoms with van der Waals surface area (Å²) in [6, 6.07) is 7.59. The van der Waals surface area contributed by atoms with Crippen LogP contribution < -0.4 is 10.1 Å². The van der Waals surface area contributed by atoms with Crippen molar-refractivity contribution >= 4 is 34.1 Å². The van der Waals surface area contributed by atoms with E-state index < -0.39 is 0 Å². The number of nitrogens with zero attached hydrogens (tertiary/aromatic N) is 2. The highest BCUT2D eigenvalue weighted by molar-refractivity contribution is 8.01. The molecule has 1 aromatic carbocycles. The van der Waals surface area contributed by atoms with Gasteiger partial charge in [0.2, 0.25) is 5.13 Å². The third-order valence-electron chi connectivity index (χ3n) is 2.74. The number of thioether (sulfide) groups is 1. The highest BCUT2D eigenvalue weighted by atomic mass is 32.2. The second-order valence-electron chi connectivity index (χ2n) is 4.73. The zero-order chi connectivity index (χ0) is 15.8. The molecule has 0 aliphatic carbocycles. The van der Waals surface area contributed by atoms with Gasteiger partial charge in [-0.15, -0.1) is 10.2 Å². The number of anilines is 1. The first kappa shape index (κ1) is 16.8. The van der Waals surface area contributed by atoms with Gasteiger partial charge in [0.25, 0.3) is 5.91 Å². The van der Waals surface area contributed by atoms with E-state index in [2.05, 4.69) is 22.4 Å². The van der Waals surface area contributed by atoms with Crippen LogP contribution in [0.3, 0.4) is 0 Å². The lowest BCUT2D eigenvalue weighted by molar-refractivity contribution is -0.118. The van der Waals surface area contributed by atoms with E-state index in [1.165, 1.54) is 11.3 Å². The highest BCUT2D eigenvalue weighted by Crippen LogP contribution is 2.26. The van der Waals surface area contributed by atoms with Crippen LogP contribution in [0.2, 0.25) is 0 Å². The lowest BCUT2D eigenvalue weighted by Crippen LogP contribution is -2.20. The lowest BCUT2D eigenvalue weighted by Gasteiger charge is -2.05. The fourth-order valence-corrected chi connectivity index (χ4v) is 3.55. The van der Waals surface area contributed by atoms with Gasteiger partial charge in [0.15, 0.2) is 10.9 Å². The molecular weight excluding hydrogens is 318 g/mol. The Kier molecular flexibility index (Phi) is 6.67. The number of benzene rings is 1. The molecule has 0 aliphatic rings. The van der Waals surface area contributed by atoms with Crippen molar-refractivity contribution in [2.75, 3.05) is 17.7 Å². The fourth-order valence-electron chi connectivity index (χ4n) is 1.63. The van der Waals surface area contributed by atoms with Gasteiger partial charge < -0.3 is 4.74 Å². The zero-order valence-electron chi connectivity index (χ0n) is 12.7. The maximum absolute atomic E-state index is 11.8. The molecule has 2 aromatic rings. The minimum atomic E-state index is -0.234. The van der Waals surface area contributed by atoms with E-state index in [-0.39, 0.29) is 12.5 Å². The Morgan fingerprint density at radius 1 is 1.41 bits per heavy atom. The summed E-state index contributed by atoms with van der Waals surface area (Å²) in [6.07, 6.45) is 2.31. The second kappa shape index (κ2) is 8.75. The van der Waals surface area contributed by atoms with Crippen molar-refractivity contribution < 1.29 is 9.53 Å². The Morgan fingerprint density at radius 2 is 2.27 bits per heavy atom. The number of unbranched alkanes of at least 4 members (excludes halogenated alkanes) is 1. The summed E-state index contributed by atoms with van der Waals surface area (Å²) in [5, 5.41) is 11.2. The molecule has 1 amide bonds. The van der Waals surface area contributed by atoms with Crippen LogP contribution in [0.15, 0.2) is 28.6 Å². The molecular formula is C15H19N3O2S2. The largest absolute Gasteiger partial charge is 0.484 e. The van der Waals surface area contributed by atoms with E-state index >= 15 is 0 Å². The predicted octanol–water partition coefficient (Wildman–Crippen LogP) is 3.76. The van der Waals surface area contributed by atoms with Crippen LogP contribution in [-0.2, 0) is 4.79 Å². The van der Waals surface area contributed by atoms with Crippen molar-refractivity contribution in [1.82, 2.24) is 10.2 Å². The van der Waals surface area contributed by atoms with E-state index in [4.69, 9.17) is 4.74 Å². The minimum absolute atomic E-state index is 0.0403. The first-order valence-electron chi connectivity index (χ1n) is 7.13. The van der Waals surface area contributed by atoms with Crippen LogP contribution in [0.5, 0.6) is 5.75 Å². The Labute approximate surface area is 138 Å². The number of amides is 1. The number of nitrogens with one attached hydrogen (secondary N) is 1. The van der Waals surface area contributed by atoms with Gasteiger partial charge in [0.05, 0.1) is 0 Å². The lowest BCUT2D eigenvalue weighted by atomic mass is 10.2. The van der Waals surface area contributed by atoms with Crippen LogP contribution in [0, 0.1) is 6.92 Å². The van der Waals surface area contributed by atoms with Crippen LogP contribution in [-0.4, -0.2) is 28.5 Å². The molecule has 5 nitrogen and oxygen atoms in total. The average molecular weight is 337 g/mol. The van der Waals surface area contributed by atoms with Crippen molar-refractivity contribution in [3.8, 4) is 5.75 Å². The van der Waals surface area contributed by atoms with Gasteiger partial charge in [-0.05, 0) is 31.0 Å². The number of carbonyl (C=O) groups is 1. The number of rotatable bonds is 8. The van der Waals surface area contributed by atoms with Gasteiger partial charge in [-0.1, -0.05) is 48.6 Å². The van der Waals surface area contributed by atoms with Gasteiger partial charge in [0.1, 0.15) is 5.75 Å². The Bertz CT molecular complexity index is 616. The third kappa shape index (κ3) is 5.65. The minimum Gasteiger partial charge on any atom is -0.484 e. The van der Waals surface area contributed by atoms with Gasteiger partial charge in [-0.2, -0.15) is 0 Å². The number of aryl methyl sites for hydroxylation is 1. The molecule has 2 rings (SSSR count). The van der Waals surface area contributed by atoms with Crippen molar-refractivity contribution in [1.29, 1.82) is 0 Å². The van der Waals surface area contributed by atoms with Gasteiger partial charge >= 0.3 is 0 Å². The highest BCUT2D eigenvalue weighted by Gasteiger charge is 2.09. The summed E-state index contributed by atoms with van der Waals surface area (Å²) >= 11 is 3.06. The summed E-state index contributed by atoms with van der Waals surface area (Å²) < 4.78 is 6.32. The molecule has 0 atom stereocenters. The van der Waals surface area contributed by atoms with Crippen LogP contribution in [0.1, 0.15) is 25.3 Å². The molecule has 1 N–H and O–H groups in total. The number of ether oxygens (including phenoxy) is 1.